The van der Waals surface area contributed by atoms with Gasteiger partial charge in [-0.2, -0.15) is 0 Å². The zero-order valence-corrected chi connectivity index (χ0v) is 7.96. The zero-order chi connectivity index (χ0) is 9.26. The second kappa shape index (κ2) is 3.66. The maximum absolute atomic E-state index is 8.64. The summed E-state index contributed by atoms with van der Waals surface area (Å²) in [6.07, 6.45) is 1.94. The van der Waals surface area contributed by atoms with E-state index in [1.165, 1.54) is 5.56 Å². The maximum atomic E-state index is 8.64. The Balaban J connectivity index is 2.07. The third kappa shape index (κ3) is 1.70. The van der Waals surface area contributed by atoms with Gasteiger partial charge in [-0.05, 0) is 30.4 Å². The highest BCUT2D eigenvalue weighted by atomic mass is 35.5. The molecule has 0 unspecified atom stereocenters. The molecule has 1 aromatic carbocycles. The van der Waals surface area contributed by atoms with Crippen molar-refractivity contribution in [3.63, 3.8) is 0 Å². The lowest BCUT2D eigenvalue weighted by Gasteiger charge is -2.34. The number of hydroxylamine groups is 1. The first-order chi connectivity index (χ1) is 6.31. The van der Waals surface area contributed by atoms with E-state index in [4.69, 9.17) is 16.8 Å². The van der Waals surface area contributed by atoms with Crippen LogP contribution in [0.5, 0.6) is 0 Å². The van der Waals surface area contributed by atoms with E-state index >= 15 is 0 Å². The normalized spacial score (nSPS) is 26.9. The van der Waals surface area contributed by atoms with E-state index in [1.807, 2.05) is 18.2 Å². The van der Waals surface area contributed by atoms with Gasteiger partial charge in [-0.15, -0.1) is 0 Å². The summed E-state index contributed by atoms with van der Waals surface area (Å²) in [7, 11) is 0. The van der Waals surface area contributed by atoms with E-state index in [2.05, 4.69) is 11.5 Å². The summed E-state index contributed by atoms with van der Waals surface area (Å²) in [4.78, 5) is 0. The van der Waals surface area contributed by atoms with Gasteiger partial charge < -0.3 is 5.21 Å². The Morgan fingerprint density at radius 3 is 2.62 bits per heavy atom. The van der Waals surface area contributed by atoms with Gasteiger partial charge in [-0.25, -0.2) is 5.48 Å². The van der Waals surface area contributed by atoms with Gasteiger partial charge >= 0.3 is 0 Å². The number of hydrogen-bond acceptors (Lipinski definition) is 2. The molecule has 3 heteroatoms. The van der Waals surface area contributed by atoms with Crippen LogP contribution in [0, 0.1) is 0 Å². The standard InChI is InChI=1S/C10H12ClNO/c11-10-4-2-1-3-9(10)7-5-8(6-7)12-13/h1-4,7-8,12-13H,5-6H2. The van der Waals surface area contributed by atoms with Gasteiger partial charge in [-0.1, -0.05) is 29.8 Å². The van der Waals surface area contributed by atoms with E-state index in [-0.39, 0.29) is 6.04 Å². The zero-order valence-electron chi connectivity index (χ0n) is 7.20. The van der Waals surface area contributed by atoms with Crippen molar-refractivity contribution < 1.29 is 5.21 Å². The van der Waals surface area contributed by atoms with Crippen molar-refractivity contribution >= 4 is 11.6 Å². The average molecular weight is 198 g/mol. The second-order valence-electron chi connectivity index (χ2n) is 3.52. The van der Waals surface area contributed by atoms with Gasteiger partial charge in [0.1, 0.15) is 0 Å². The lowest BCUT2D eigenvalue weighted by molar-refractivity contribution is 0.0782. The SMILES string of the molecule is ONC1CC(c2ccccc2Cl)C1. The minimum atomic E-state index is 0.251. The Hall–Kier alpha value is -0.570. The van der Waals surface area contributed by atoms with Crippen LogP contribution in [0.2, 0.25) is 5.02 Å². The Morgan fingerprint density at radius 2 is 2.00 bits per heavy atom. The topological polar surface area (TPSA) is 32.3 Å². The molecule has 0 amide bonds. The van der Waals surface area contributed by atoms with Gasteiger partial charge in [0.05, 0.1) is 0 Å². The quantitative estimate of drug-likeness (QED) is 0.715. The van der Waals surface area contributed by atoms with Gasteiger partial charge in [0.2, 0.25) is 0 Å². The first kappa shape index (κ1) is 9.00. The molecule has 13 heavy (non-hydrogen) atoms. The fourth-order valence-electron chi connectivity index (χ4n) is 1.78. The van der Waals surface area contributed by atoms with Crippen molar-refractivity contribution in [1.29, 1.82) is 0 Å². The molecule has 0 spiro atoms. The van der Waals surface area contributed by atoms with E-state index in [1.54, 1.807) is 0 Å². The largest absolute Gasteiger partial charge is 0.317 e. The highest BCUT2D eigenvalue weighted by Crippen LogP contribution is 2.39. The Kier molecular flexibility index (Phi) is 2.54. The van der Waals surface area contributed by atoms with Gasteiger partial charge in [-0.3, -0.25) is 0 Å². The third-order valence-corrected chi connectivity index (χ3v) is 3.01. The molecule has 2 nitrogen and oxygen atoms in total. The highest BCUT2D eigenvalue weighted by molar-refractivity contribution is 6.31. The molecule has 0 bridgehead atoms. The molecule has 0 atom stereocenters. The predicted molar refractivity (Wildman–Crippen MR) is 52.1 cm³/mol. The fraction of sp³-hybridized carbons (Fsp3) is 0.400. The average Bonchev–Trinajstić information content (AvgIpc) is 2.06. The molecule has 0 aromatic heterocycles. The number of halogens is 1. The maximum Gasteiger partial charge on any atom is 0.0440 e. The first-order valence-electron chi connectivity index (χ1n) is 4.45. The molecule has 1 aliphatic carbocycles. The van der Waals surface area contributed by atoms with Crippen LogP contribution in [0.3, 0.4) is 0 Å². The van der Waals surface area contributed by atoms with Crippen LogP contribution in [0.15, 0.2) is 24.3 Å². The number of benzene rings is 1. The molecule has 0 saturated heterocycles. The Labute approximate surface area is 82.5 Å². The molecule has 1 aromatic rings. The molecule has 2 rings (SSSR count). The Bertz CT molecular complexity index is 297. The summed E-state index contributed by atoms with van der Waals surface area (Å²) in [6, 6.07) is 8.16. The molecule has 1 saturated carbocycles. The summed E-state index contributed by atoms with van der Waals surface area (Å²) in [5.74, 6) is 0.512. The molecule has 2 N–H and O–H groups in total. The third-order valence-electron chi connectivity index (χ3n) is 2.67. The van der Waals surface area contributed by atoms with E-state index in [9.17, 15) is 0 Å². The van der Waals surface area contributed by atoms with Crippen molar-refractivity contribution in [2.24, 2.45) is 0 Å². The smallest absolute Gasteiger partial charge is 0.0440 e. The fourth-order valence-corrected chi connectivity index (χ4v) is 2.07. The lowest BCUT2D eigenvalue weighted by atomic mass is 9.76. The van der Waals surface area contributed by atoms with Crippen LogP contribution in [-0.2, 0) is 0 Å². The summed E-state index contributed by atoms with van der Waals surface area (Å²) in [6.45, 7) is 0. The van der Waals surface area contributed by atoms with Crippen molar-refractivity contribution in [1.82, 2.24) is 5.48 Å². The molecular weight excluding hydrogens is 186 g/mol. The van der Waals surface area contributed by atoms with Crippen LogP contribution in [0.25, 0.3) is 0 Å². The highest BCUT2D eigenvalue weighted by Gasteiger charge is 2.30. The summed E-state index contributed by atoms with van der Waals surface area (Å²) in [5.41, 5.74) is 3.48. The predicted octanol–water partition coefficient (Wildman–Crippen LogP) is 2.56. The van der Waals surface area contributed by atoms with Crippen LogP contribution >= 0.6 is 11.6 Å². The van der Waals surface area contributed by atoms with Gasteiger partial charge in [0.25, 0.3) is 0 Å². The monoisotopic (exact) mass is 197 g/mol. The van der Waals surface area contributed by atoms with E-state index in [0.29, 0.717) is 5.92 Å². The molecule has 1 fully saturated rings. The number of rotatable bonds is 2. The second-order valence-corrected chi connectivity index (χ2v) is 3.92. The molecule has 0 heterocycles. The molecule has 1 aliphatic rings. The first-order valence-corrected chi connectivity index (χ1v) is 4.83. The molecule has 0 aliphatic heterocycles. The lowest BCUT2D eigenvalue weighted by Crippen LogP contribution is -2.38. The van der Waals surface area contributed by atoms with Crippen LogP contribution < -0.4 is 5.48 Å². The van der Waals surface area contributed by atoms with Crippen LogP contribution in [-0.4, -0.2) is 11.2 Å². The van der Waals surface area contributed by atoms with Crippen LogP contribution in [0.4, 0.5) is 0 Å². The van der Waals surface area contributed by atoms with E-state index in [0.717, 1.165) is 17.9 Å². The minimum Gasteiger partial charge on any atom is -0.317 e. The van der Waals surface area contributed by atoms with Crippen molar-refractivity contribution in [3.8, 4) is 0 Å². The van der Waals surface area contributed by atoms with Crippen molar-refractivity contribution in [2.45, 2.75) is 24.8 Å². The van der Waals surface area contributed by atoms with Crippen molar-refractivity contribution in [3.05, 3.63) is 34.9 Å². The van der Waals surface area contributed by atoms with E-state index < -0.39 is 0 Å². The molecular formula is C10H12ClNO. The summed E-state index contributed by atoms with van der Waals surface area (Å²) >= 11 is 6.04. The molecule has 70 valence electrons. The van der Waals surface area contributed by atoms with Gasteiger partial charge in [0, 0.05) is 11.1 Å². The Morgan fingerprint density at radius 1 is 1.31 bits per heavy atom. The minimum absolute atomic E-state index is 0.251. The number of hydrogen-bond donors (Lipinski definition) is 2. The van der Waals surface area contributed by atoms with Crippen LogP contribution in [0.1, 0.15) is 24.3 Å². The van der Waals surface area contributed by atoms with Crippen molar-refractivity contribution in [2.75, 3.05) is 0 Å². The van der Waals surface area contributed by atoms with Gasteiger partial charge in [0.15, 0.2) is 0 Å². The molecule has 0 radical (unpaired) electrons. The summed E-state index contributed by atoms with van der Waals surface area (Å²) in [5, 5.41) is 9.47. The summed E-state index contributed by atoms with van der Waals surface area (Å²) < 4.78 is 0. The number of nitrogens with one attached hydrogen (secondary N) is 1.